The minimum absolute atomic E-state index is 0.0986. The number of amides is 2. The van der Waals surface area contributed by atoms with E-state index in [2.05, 4.69) is 10.5 Å². The van der Waals surface area contributed by atoms with Gasteiger partial charge in [0.2, 0.25) is 0 Å². The summed E-state index contributed by atoms with van der Waals surface area (Å²) in [6.07, 6.45) is 3.06. The number of thiazole rings is 1. The molecule has 0 spiro atoms. The van der Waals surface area contributed by atoms with Gasteiger partial charge >= 0.3 is 6.09 Å². The van der Waals surface area contributed by atoms with Crippen LogP contribution in [0.1, 0.15) is 47.1 Å². The van der Waals surface area contributed by atoms with Crippen LogP contribution in [-0.2, 0) is 0 Å². The van der Waals surface area contributed by atoms with E-state index in [0.717, 1.165) is 41.1 Å². The maximum Gasteiger partial charge on any atom is 0.414 e. The Labute approximate surface area is 210 Å². The number of nitrogens with zero attached hydrogens (tertiary/aromatic N) is 3. The Bertz CT molecular complexity index is 1430. The summed E-state index contributed by atoms with van der Waals surface area (Å²) in [5.41, 5.74) is 1.71. The fourth-order valence-corrected chi connectivity index (χ4v) is 5.73. The number of benzene rings is 2. The van der Waals surface area contributed by atoms with Crippen LogP contribution in [0.5, 0.6) is 5.88 Å². The average molecular weight is 507 g/mol. The number of nitrogens with one attached hydrogen (secondary N) is 1. The smallest absolute Gasteiger partial charge is 0.387 e. The standard InChI is InChI=1S/C26H23FN4O4S/c27-17-11-9-15(10-12-17)22-21(29-24(36-22)16-7-8-16)25(32)31-13-3-4-18(31)14-28-26(33)34-23-19-5-1-2-6-20(19)35-30-23/h1-2,5-6,9-12,16,18H,3-4,7-8,13-14H2,(H,28,33)/t18-/m0/s1. The topological polar surface area (TPSA) is 97.6 Å². The van der Waals surface area contributed by atoms with Crippen molar-refractivity contribution in [3.05, 3.63) is 65.0 Å². The summed E-state index contributed by atoms with van der Waals surface area (Å²) in [6, 6.07) is 13.1. The summed E-state index contributed by atoms with van der Waals surface area (Å²) in [4.78, 5) is 33.4. The molecule has 0 radical (unpaired) electrons. The monoisotopic (exact) mass is 506 g/mol. The highest BCUT2D eigenvalue weighted by Crippen LogP contribution is 2.45. The van der Waals surface area contributed by atoms with Gasteiger partial charge in [-0.15, -0.1) is 11.3 Å². The van der Waals surface area contributed by atoms with Gasteiger partial charge in [0.1, 0.15) is 11.5 Å². The lowest BCUT2D eigenvalue weighted by Crippen LogP contribution is -2.44. The largest absolute Gasteiger partial charge is 0.414 e. The number of carbonyl (C=O) groups excluding carboxylic acids is 2. The van der Waals surface area contributed by atoms with Gasteiger partial charge in [-0.2, -0.15) is 0 Å². The minimum Gasteiger partial charge on any atom is -0.387 e. The second kappa shape index (κ2) is 9.34. The SMILES string of the molecule is O=C(NC[C@@H]1CCCN1C(=O)c1nc(C2CC2)sc1-c1ccc(F)cc1)Oc1noc2ccccc12. The van der Waals surface area contributed by atoms with Gasteiger partial charge in [-0.1, -0.05) is 24.3 Å². The zero-order valence-electron chi connectivity index (χ0n) is 19.3. The van der Waals surface area contributed by atoms with E-state index in [0.29, 0.717) is 29.1 Å². The highest BCUT2D eigenvalue weighted by atomic mass is 32.1. The second-order valence-corrected chi connectivity index (χ2v) is 10.1. The summed E-state index contributed by atoms with van der Waals surface area (Å²) in [6.45, 7) is 0.819. The van der Waals surface area contributed by atoms with Crippen LogP contribution >= 0.6 is 11.3 Å². The van der Waals surface area contributed by atoms with Crippen molar-refractivity contribution in [2.45, 2.75) is 37.6 Å². The van der Waals surface area contributed by atoms with E-state index in [-0.39, 0.29) is 30.2 Å². The molecular weight excluding hydrogens is 483 g/mol. The van der Waals surface area contributed by atoms with Crippen molar-refractivity contribution in [1.82, 2.24) is 20.4 Å². The molecule has 2 aromatic carbocycles. The maximum absolute atomic E-state index is 13.7. The van der Waals surface area contributed by atoms with E-state index in [4.69, 9.17) is 14.2 Å². The van der Waals surface area contributed by atoms with Crippen LogP contribution in [0.25, 0.3) is 21.4 Å². The third-order valence-corrected chi connectivity index (χ3v) is 7.80. The van der Waals surface area contributed by atoms with Crippen LogP contribution < -0.4 is 10.1 Å². The fraction of sp³-hybridized carbons (Fsp3) is 0.308. The minimum atomic E-state index is -0.662. The number of ether oxygens (including phenoxy) is 1. The van der Waals surface area contributed by atoms with Crippen molar-refractivity contribution in [2.24, 2.45) is 0 Å². The van der Waals surface area contributed by atoms with Crippen molar-refractivity contribution < 1.29 is 23.2 Å². The Morgan fingerprint density at radius 1 is 1.14 bits per heavy atom. The molecule has 2 aromatic heterocycles. The van der Waals surface area contributed by atoms with Crippen LogP contribution in [0.4, 0.5) is 9.18 Å². The molecular formula is C26H23FN4O4S. The molecule has 1 aliphatic heterocycles. The van der Waals surface area contributed by atoms with E-state index in [1.54, 1.807) is 41.3 Å². The zero-order valence-corrected chi connectivity index (χ0v) is 20.1. The number of carbonyl (C=O) groups is 2. The predicted octanol–water partition coefficient (Wildman–Crippen LogP) is 5.36. The van der Waals surface area contributed by atoms with Crippen molar-refractivity contribution in [1.29, 1.82) is 0 Å². The Hall–Kier alpha value is -3.79. The van der Waals surface area contributed by atoms with E-state index in [1.165, 1.54) is 23.5 Å². The number of fused-ring (bicyclic) bond motifs is 1. The molecule has 1 saturated heterocycles. The second-order valence-electron chi connectivity index (χ2n) is 9.06. The van der Waals surface area contributed by atoms with Gasteiger partial charge < -0.3 is 19.5 Å². The Kier molecular flexibility index (Phi) is 5.88. The first-order valence-electron chi connectivity index (χ1n) is 11.9. The number of para-hydroxylation sites is 1. The molecule has 10 heteroatoms. The number of aromatic nitrogens is 2. The molecule has 3 heterocycles. The van der Waals surface area contributed by atoms with Gasteiger partial charge in [-0.05, 0) is 60.7 Å². The third-order valence-electron chi connectivity index (χ3n) is 6.53. The van der Waals surface area contributed by atoms with Crippen LogP contribution in [0, 0.1) is 5.82 Å². The first-order valence-corrected chi connectivity index (χ1v) is 12.8. The molecule has 2 amide bonds. The molecule has 1 aliphatic carbocycles. The van der Waals surface area contributed by atoms with Crippen LogP contribution in [0.3, 0.4) is 0 Å². The molecule has 1 saturated carbocycles. The number of likely N-dealkylation sites (tertiary alicyclic amines) is 1. The molecule has 1 atom stereocenters. The van der Waals surface area contributed by atoms with Gasteiger partial charge in [-0.25, -0.2) is 14.2 Å². The predicted molar refractivity (Wildman–Crippen MR) is 132 cm³/mol. The highest BCUT2D eigenvalue weighted by molar-refractivity contribution is 7.15. The number of hydrogen-bond acceptors (Lipinski definition) is 7. The summed E-state index contributed by atoms with van der Waals surface area (Å²) in [7, 11) is 0. The Morgan fingerprint density at radius 2 is 1.94 bits per heavy atom. The molecule has 4 aromatic rings. The first kappa shape index (κ1) is 22.7. The van der Waals surface area contributed by atoms with E-state index in [1.807, 2.05) is 0 Å². The fourth-order valence-electron chi connectivity index (χ4n) is 4.50. The number of rotatable bonds is 6. The van der Waals surface area contributed by atoms with Gasteiger partial charge in [0.15, 0.2) is 5.58 Å². The molecule has 0 bridgehead atoms. The van der Waals surface area contributed by atoms with Crippen LogP contribution in [0.2, 0.25) is 0 Å². The third kappa shape index (κ3) is 4.44. The lowest BCUT2D eigenvalue weighted by molar-refractivity contribution is 0.0730. The van der Waals surface area contributed by atoms with Gasteiger partial charge in [0, 0.05) is 25.0 Å². The van der Waals surface area contributed by atoms with E-state index in [9.17, 15) is 14.0 Å². The van der Waals surface area contributed by atoms with Crippen molar-refractivity contribution >= 4 is 34.3 Å². The number of hydrogen-bond donors (Lipinski definition) is 1. The summed E-state index contributed by atoms with van der Waals surface area (Å²) < 4.78 is 24.0. The molecule has 0 unspecified atom stereocenters. The molecule has 1 N–H and O–H groups in total. The van der Waals surface area contributed by atoms with Gasteiger partial charge in [0.25, 0.3) is 11.8 Å². The summed E-state index contributed by atoms with van der Waals surface area (Å²) in [5, 5.41) is 8.12. The zero-order chi connectivity index (χ0) is 24.6. The lowest BCUT2D eigenvalue weighted by Gasteiger charge is -2.24. The Morgan fingerprint density at radius 3 is 2.75 bits per heavy atom. The normalized spacial score (nSPS) is 17.5. The van der Waals surface area contributed by atoms with Crippen molar-refractivity contribution in [3.8, 4) is 16.3 Å². The number of halogens is 1. The summed E-state index contributed by atoms with van der Waals surface area (Å²) in [5.74, 6) is 0.00280. The Balaban J connectivity index is 1.16. The van der Waals surface area contributed by atoms with Crippen LogP contribution in [0.15, 0.2) is 53.1 Å². The van der Waals surface area contributed by atoms with E-state index >= 15 is 0 Å². The molecule has 6 rings (SSSR count). The van der Waals surface area contributed by atoms with Gasteiger partial charge in [-0.3, -0.25) is 4.79 Å². The van der Waals surface area contributed by atoms with Crippen LogP contribution in [-0.4, -0.2) is 46.2 Å². The van der Waals surface area contributed by atoms with Crippen molar-refractivity contribution in [3.63, 3.8) is 0 Å². The molecule has 2 fully saturated rings. The maximum atomic E-state index is 13.7. The highest BCUT2D eigenvalue weighted by Gasteiger charge is 2.35. The summed E-state index contributed by atoms with van der Waals surface area (Å²) >= 11 is 1.51. The van der Waals surface area contributed by atoms with Crippen molar-refractivity contribution in [2.75, 3.05) is 13.1 Å². The van der Waals surface area contributed by atoms with Gasteiger partial charge in [0.05, 0.1) is 15.3 Å². The quantitative estimate of drug-likeness (QED) is 0.378. The first-order chi connectivity index (χ1) is 17.6. The average Bonchev–Trinajstić information content (AvgIpc) is 3.28. The molecule has 8 nitrogen and oxygen atoms in total. The molecule has 184 valence electrons. The van der Waals surface area contributed by atoms with E-state index < -0.39 is 6.09 Å². The molecule has 36 heavy (non-hydrogen) atoms. The lowest BCUT2D eigenvalue weighted by atomic mass is 10.1. The molecule has 2 aliphatic rings.